The number of carbonyl (C=O) groups excluding carboxylic acids is 1. The second-order valence-electron chi connectivity index (χ2n) is 7.18. The number of quaternary nitrogens is 1. The summed E-state index contributed by atoms with van der Waals surface area (Å²) in [7, 11) is 0. The molecule has 0 saturated carbocycles. The summed E-state index contributed by atoms with van der Waals surface area (Å²) in [6, 6.07) is 18.9. The lowest BCUT2D eigenvalue weighted by molar-refractivity contribution is -0.674. The van der Waals surface area contributed by atoms with Crippen molar-refractivity contribution in [3.63, 3.8) is 0 Å². The first-order valence-electron chi connectivity index (χ1n) is 9.31. The molecule has 4 N–H and O–H groups in total. The van der Waals surface area contributed by atoms with E-state index in [1.807, 2.05) is 32.9 Å². The fourth-order valence-corrected chi connectivity index (χ4v) is 3.37. The van der Waals surface area contributed by atoms with Crippen LogP contribution in [0.3, 0.4) is 0 Å². The van der Waals surface area contributed by atoms with Crippen LogP contribution >= 0.6 is 0 Å². The van der Waals surface area contributed by atoms with Crippen LogP contribution in [0, 0.1) is 0 Å². The smallest absolute Gasteiger partial charge is 0.278 e. The summed E-state index contributed by atoms with van der Waals surface area (Å²) in [5.41, 5.74) is 3.69. The number of nitrogens with two attached hydrogens (primary N) is 1. The van der Waals surface area contributed by atoms with Gasteiger partial charge in [0.1, 0.15) is 0 Å². The zero-order valence-corrected chi connectivity index (χ0v) is 15.7. The van der Waals surface area contributed by atoms with Crippen LogP contribution in [-0.4, -0.2) is 29.5 Å². The van der Waals surface area contributed by atoms with Crippen molar-refractivity contribution >= 4 is 16.8 Å². The van der Waals surface area contributed by atoms with Gasteiger partial charge in [-0.1, -0.05) is 48.5 Å². The largest absolute Gasteiger partial charge is 0.361 e. The third-order valence-corrected chi connectivity index (χ3v) is 4.77. The number of benzene rings is 2. The zero-order valence-electron chi connectivity index (χ0n) is 15.7. The van der Waals surface area contributed by atoms with Crippen molar-refractivity contribution in [2.24, 2.45) is 0 Å². The Morgan fingerprint density at radius 1 is 1.04 bits per heavy atom. The molecule has 0 saturated heterocycles. The van der Waals surface area contributed by atoms with Crippen LogP contribution in [0.2, 0.25) is 0 Å². The van der Waals surface area contributed by atoms with E-state index in [9.17, 15) is 4.79 Å². The van der Waals surface area contributed by atoms with Crippen molar-refractivity contribution < 1.29 is 10.1 Å². The van der Waals surface area contributed by atoms with Gasteiger partial charge in [0.2, 0.25) is 0 Å². The van der Waals surface area contributed by atoms with Gasteiger partial charge in [-0.05, 0) is 38.0 Å². The normalized spacial score (nSPS) is 13.7. The molecule has 0 aliphatic heterocycles. The molecule has 0 bridgehead atoms. The number of nitrogens with one attached hydrogen (secondary N) is 2. The van der Waals surface area contributed by atoms with Gasteiger partial charge in [-0.2, -0.15) is 0 Å². The Hall–Kier alpha value is -2.59. The van der Waals surface area contributed by atoms with Crippen LogP contribution in [0.1, 0.15) is 37.8 Å². The maximum absolute atomic E-state index is 12.3. The van der Waals surface area contributed by atoms with Gasteiger partial charge in [0.05, 0.1) is 12.5 Å². The van der Waals surface area contributed by atoms with Gasteiger partial charge >= 0.3 is 0 Å². The quantitative estimate of drug-likeness (QED) is 0.603. The van der Waals surface area contributed by atoms with E-state index in [0.717, 1.165) is 12.1 Å². The molecule has 1 amide bonds. The molecule has 0 unspecified atom stereocenters. The fourth-order valence-electron chi connectivity index (χ4n) is 3.37. The SMILES string of the molecule is CC(C)NC(=O)[C@@H](C)[NH2+]C[C@@H](c1ccccc1)c1c[nH]c2ccccc12. The van der Waals surface area contributed by atoms with Gasteiger partial charge in [-0.15, -0.1) is 0 Å². The van der Waals surface area contributed by atoms with E-state index in [2.05, 4.69) is 64.3 Å². The topological polar surface area (TPSA) is 61.5 Å². The van der Waals surface area contributed by atoms with Gasteiger partial charge in [0.25, 0.3) is 5.91 Å². The number of para-hydroxylation sites is 1. The molecule has 1 aromatic heterocycles. The minimum Gasteiger partial charge on any atom is -0.361 e. The molecule has 1 heterocycles. The van der Waals surface area contributed by atoms with Crippen molar-refractivity contribution in [1.29, 1.82) is 0 Å². The number of fused-ring (bicyclic) bond motifs is 1. The van der Waals surface area contributed by atoms with E-state index < -0.39 is 0 Å². The van der Waals surface area contributed by atoms with Crippen molar-refractivity contribution in [3.05, 3.63) is 71.9 Å². The summed E-state index contributed by atoms with van der Waals surface area (Å²) in [6.45, 7) is 6.76. The highest BCUT2D eigenvalue weighted by molar-refractivity contribution is 5.84. The van der Waals surface area contributed by atoms with Gasteiger partial charge in [0, 0.05) is 23.1 Å². The molecular formula is C22H28N3O+. The van der Waals surface area contributed by atoms with Crippen LogP contribution in [0.5, 0.6) is 0 Å². The van der Waals surface area contributed by atoms with Gasteiger partial charge < -0.3 is 15.6 Å². The van der Waals surface area contributed by atoms with Crippen molar-refractivity contribution in [3.8, 4) is 0 Å². The van der Waals surface area contributed by atoms with Crippen LogP contribution in [0.4, 0.5) is 0 Å². The number of rotatable bonds is 7. The van der Waals surface area contributed by atoms with E-state index >= 15 is 0 Å². The third-order valence-electron chi connectivity index (χ3n) is 4.77. The summed E-state index contributed by atoms with van der Waals surface area (Å²) in [5.74, 6) is 0.312. The number of carbonyl (C=O) groups is 1. The molecule has 2 atom stereocenters. The van der Waals surface area contributed by atoms with E-state index in [4.69, 9.17) is 0 Å². The molecule has 4 heteroatoms. The molecule has 3 rings (SSSR count). The number of hydrogen-bond acceptors (Lipinski definition) is 1. The Kier molecular flexibility index (Phi) is 5.74. The third kappa shape index (κ3) is 4.14. The lowest BCUT2D eigenvalue weighted by Crippen LogP contribution is -2.92. The second-order valence-corrected chi connectivity index (χ2v) is 7.18. The molecule has 26 heavy (non-hydrogen) atoms. The molecule has 0 aliphatic rings. The number of H-pyrrole nitrogens is 1. The second kappa shape index (κ2) is 8.19. The van der Waals surface area contributed by atoms with Gasteiger partial charge in [0.15, 0.2) is 6.04 Å². The predicted octanol–water partition coefficient (Wildman–Crippen LogP) is 2.78. The number of aromatic nitrogens is 1. The maximum atomic E-state index is 12.3. The minimum atomic E-state index is -0.117. The van der Waals surface area contributed by atoms with E-state index in [1.165, 1.54) is 16.5 Å². The van der Waals surface area contributed by atoms with Crippen molar-refractivity contribution in [2.75, 3.05) is 6.54 Å². The Morgan fingerprint density at radius 3 is 2.46 bits per heavy atom. The molecule has 0 aliphatic carbocycles. The summed E-state index contributed by atoms with van der Waals surface area (Å²) >= 11 is 0. The van der Waals surface area contributed by atoms with E-state index in [1.54, 1.807) is 0 Å². The number of hydrogen-bond donors (Lipinski definition) is 3. The van der Waals surface area contributed by atoms with Crippen LogP contribution in [0.25, 0.3) is 10.9 Å². The highest BCUT2D eigenvalue weighted by Gasteiger charge is 2.23. The van der Waals surface area contributed by atoms with Crippen LogP contribution in [0.15, 0.2) is 60.8 Å². The van der Waals surface area contributed by atoms with E-state index in [0.29, 0.717) is 0 Å². The average molecular weight is 350 g/mol. The first-order chi connectivity index (χ1) is 12.6. The van der Waals surface area contributed by atoms with Crippen molar-refractivity contribution in [1.82, 2.24) is 10.3 Å². The van der Waals surface area contributed by atoms with Crippen molar-refractivity contribution in [2.45, 2.75) is 38.8 Å². The summed E-state index contributed by atoms with van der Waals surface area (Å²) < 4.78 is 0. The Balaban J connectivity index is 1.84. The minimum absolute atomic E-state index is 0.0886. The van der Waals surface area contributed by atoms with Gasteiger partial charge in [-0.3, -0.25) is 4.79 Å². The fraction of sp³-hybridized carbons (Fsp3) is 0.318. The van der Waals surface area contributed by atoms with Crippen LogP contribution < -0.4 is 10.6 Å². The summed E-state index contributed by atoms with van der Waals surface area (Å²) in [6.07, 6.45) is 2.11. The first kappa shape index (κ1) is 18.2. The average Bonchev–Trinajstić information content (AvgIpc) is 3.06. The Bertz CT molecular complexity index is 854. The molecule has 2 aromatic carbocycles. The Morgan fingerprint density at radius 2 is 1.73 bits per heavy atom. The van der Waals surface area contributed by atoms with Gasteiger partial charge in [-0.25, -0.2) is 0 Å². The number of aromatic amines is 1. The molecule has 0 radical (unpaired) electrons. The number of amides is 1. The molecule has 3 aromatic rings. The molecule has 136 valence electrons. The molecule has 0 fully saturated rings. The highest BCUT2D eigenvalue weighted by atomic mass is 16.2. The van der Waals surface area contributed by atoms with E-state index in [-0.39, 0.29) is 23.9 Å². The monoisotopic (exact) mass is 350 g/mol. The summed E-state index contributed by atoms with van der Waals surface area (Å²) in [4.78, 5) is 15.6. The molecule has 0 spiro atoms. The van der Waals surface area contributed by atoms with Crippen LogP contribution in [-0.2, 0) is 4.79 Å². The zero-order chi connectivity index (χ0) is 18.5. The summed E-state index contributed by atoms with van der Waals surface area (Å²) in [5, 5.41) is 6.37. The predicted molar refractivity (Wildman–Crippen MR) is 106 cm³/mol. The molecule has 4 nitrogen and oxygen atoms in total. The molecular weight excluding hydrogens is 322 g/mol. The lowest BCUT2D eigenvalue weighted by atomic mass is 9.90. The lowest BCUT2D eigenvalue weighted by Gasteiger charge is -2.19. The standard InChI is InChI=1S/C22H27N3O/c1-15(2)25-22(26)16(3)23-13-19(17-9-5-4-6-10-17)20-14-24-21-12-8-7-11-18(20)21/h4-12,14-16,19,23-24H,13H2,1-3H3,(H,25,26)/p+1/t16-,19+/m1/s1. The highest BCUT2D eigenvalue weighted by Crippen LogP contribution is 2.29. The Labute approximate surface area is 155 Å². The first-order valence-corrected chi connectivity index (χ1v) is 9.31. The maximum Gasteiger partial charge on any atom is 0.278 e.